The first-order valence-electron chi connectivity index (χ1n) is 9.76. The van der Waals surface area contributed by atoms with Gasteiger partial charge in [-0.05, 0) is 57.4 Å². The van der Waals surface area contributed by atoms with Gasteiger partial charge in [0.25, 0.3) is 0 Å². The Morgan fingerprint density at radius 1 is 1.28 bits per heavy atom. The lowest BCUT2D eigenvalue weighted by molar-refractivity contribution is -0.00899. The molecule has 6 heteroatoms. The van der Waals surface area contributed by atoms with E-state index in [4.69, 9.17) is 4.74 Å². The van der Waals surface area contributed by atoms with Crippen molar-refractivity contribution in [3.8, 4) is 0 Å². The monoisotopic (exact) mass is 346 g/mol. The Morgan fingerprint density at radius 2 is 2.04 bits per heavy atom. The largest absolute Gasteiger partial charge is 0.450 e. The number of hydrogen-bond donors (Lipinski definition) is 0. The van der Waals surface area contributed by atoms with Crippen molar-refractivity contribution in [3.05, 3.63) is 18.0 Å². The summed E-state index contributed by atoms with van der Waals surface area (Å²) in [5.74, 6) is 0. The van der Waals surface area contributed by atoms with Crippen LogP contribution in [0.4, 0.5) is 4.79 Å². The molecule has 1 spiro atoms. The molecule has 2 aliphatic heterocycles. The Kier molecular flexibility index (Phi) is 4.48. The molecule has 1 aliphatic carbocycles. The molecule has 0 aromatic carbocycles. The fourth-order valence-electron chi connectivity index (χ4n) is 4.99. The number of aryl methyl sites for hydroxylation is 1. The van der Waals surface area contributed by atoms with Crippen molar-refractivity contribution < 1.29 is 9.53 Å². The van der Waals surface area contributed by atoms with Crippen LogP contribution in [0.5, 0.6) is 0 Å². The number of aromatic nitrogens is 2. The molecular weight excluding hydrogens is 316 g/mol. The molecule has 0 N–H and O–H groups in total. The second-order valence-corrected chi connectivity index (χ2v) is 8.14. The number of rotatable bonds is 3. The summed E-state index contributed by atoms with van der Waals surface area (Å²) >= 11 is 0. The van der Waals surface area contributed by atoms with E-state index in [1.807, 2.05) is 11.8 Å². The van der Waals surface area contributed by atoms with E-state index in [1.165, 1.54) is 38.8 Å². The molecule has 3 fully saturated rings. The highest BCUT2D eigenvalue weighted by Crippen LogP contribution is 2.50. The van der Waals surface area contributed by atoms with Crippen molar-refractivity contribution in [1.82, 2.24) is 19.6 Å². The van der Waals surface area contributed by atoms with Crippen LogP contribution in [-0.2, 0) is 4.74 Å². The Hall–Kier alpha value is -1.56. The number of nitrogens with zero attached hydrogens (tertiary/aromatic N) is 4. The standard InChI is InChI=1S/C19H30N4O2/c1-3-25-18(24)22-11-7-19(14-22)12-17(13-19)21-8-5-16(6-9-21)23-10-4-15(2)20-23/h4,10,16-17H,3,5-9,11-14H2,1-2H3. The summed E-state index contributed by atoms with van der Waals surface area (Å²) in [7, 11) is 0. The van der Waals surface area contributed by atoms with Crippen LogP contribution in [0.3, 0.4) is 0 Å². The molecule has 1 aromatic heterocycles. The van der Waals surface area contributed by atoms with Crippen molar-refractivity contribution >= 4 is 6.09 Å². The first-order valence-corrected chi connectivity index (χ1v) is 9.76. The molecule has 3 aliphatic rings. The van der Waals surface area contributed by atoms with E-state index in [2.05, 4.69) is 33.9 Å². The maximum absolute atomic E-state index is 11.9. The Morgan fingerprint density at radius 3 is 2.68 bits per heavy atom. The van der Waals surface area contributed by atoms with Gasteiger partial charge >= 0.3 is 6.09 Å². The second kappa shape index (κ2) is 6.63. The summed E-state index contributed by atoms with van der Waals surface area (Å²) in [4.78, 5) is 16.5. The zero-order valence-corrected chi connectivity index (χ0v) is 15.5. The van der Waals surface area contributed by atoms with Crippen LogP contribution in [0.1, 0.15) is 50.8 Å². The lowest BCUT2D eigenvalue weighted by Crippen LogP contribution is -2.54. The normalized spacial score (nSPS) is 30.6. The molecule has 2 saturated heterocycles. The molecule has 0 unspecified atom stereocenters. The van der Waals surface area contributed by atoms with Gasteiger partial charge < -0.3 is 14.5 Å². The molecule has 4 rings (SSSR count). The number of hydrogen-bond acceptors (Lipinski definition) is 4. The van der Waals surface area contributed by atoms with E-state index in [1.54, 1.807) is 0 Å². The average Bonchev–Trinajstić information content (AvgIpc) is 3.21. The summed E-state index contributed by atoms with van der Waals surface area (Å²) in [5.41, 5.74) is 1.48. The highest BCUT2D eigenvalue weighted by Gasteiger charge is 2.51. The van der Waals surface area contributed by atoms with Crippen molar-refractivity contribution in [2.24, 2.45) is 5.41 Å². The van der Waals surface area contributed by atoms with Crippen molar-refractivity contribution in [1.29, 1.82) is 0 Å². The van der Waals surface area contributed by atoms with Gasteiger partial charge in [-0.1, -0.05) is 0 Å². The third-order valence-electron chi connectivity index (χ3n) is 6.43. The molecule has 6 nitrogen and oxygen atoms in total. The minimum Gasteiger partial charge on any atom is -0.450 e. The average molecular weight is 346 g/mol. The first kappa shape index (κ1) is 16.9. The van der Waals surface area contributed by atoms with Crippen LogP contribution in [-0.4, -0.2) is 64.5 Å². The molecule has 0 bridgehead atoms. The highest BCUT2D eigenvalue weighted by atomic mass is 16.6. The van der Waals surface area contributed by atoms with E-state index in [0.29, 0.717) is 24.1 Å². The van der Waals surface area contributed by atoms with E-state index in [0.717, 1.165) is 25.2 Å². The molecule has 0 atom stereocenters. The van der Waals surface area contributed by atoms with Gasteiger partial charge in [0.05, 0.1) is 18.3 Å². The van der Waals surface area contributed by atoms with Gasteiger partial charge in [-0.25, -0.2) is 4.79 Å². The predicted molar refractivity (Wildman–Crippen MR) is 95.5 cm³/mol. The van der Waals surface area contributed by atoms with E-state index >= 15 is 0 Å². The number of carbonyl (C=O) groups excluding carboxylic acids is 1. The predicted octanol–water partition coefficient (Wildman–Crippen LogP) is 2.84. The van der Waals surface area contributed by atoms with Crippen LogP contribution in [0.2, 0.25) is 0 Å². The van der Waals surface area contributed by atoms with Crippen molar-refractivity contribution in [2.45, 2.75) is 58.0 Å². The Labute approximate surface area is 150 Å². The molecule has 138 valence electrons. The third kappa shape index (κ3) is 3.28. The summed E-state index contributed by atoms with van der Waals surface area (Å²) in [6.45, 7) is 8.50. The molecule has 1 amide bonds. The highest BCUT2D eigenvalue weighted by molar-refractivity contribution is 5.68. The topological polar surface area (TPSA) is 50.6 Å². The van der Waals surface area contributed by atoms with Gasteiger partial charge in [0.1, 0.15) is 0 Å². The Balaban J connectivity index is 1.25. The SMILES string of the molecule is CCOC(=O)N1CCC2(CC(N3CCC(n4ccc(C)n4)CC3)C2)C1. The Bertz CT molecular complexity index is 615. The second-order valence-electron chi connectivity index (χ2n) is 8.14. The number of carbonyl (C=O) groups is 1. The van der Waals surface area contributed by atoms with Crippen LogP contribution in [0, 0.1) is 12.3 Å². The van der Waals surface area contributed by atoms with Gasteiger partial charge in [-0.15, -0.1) is 0 Å². The van der Waals surface area contributed by atoms with E-state index in [9.17, 15) is 4.79 Å². The van der Waals surface area contributed by atoms with Gasteiger partial charge in [0.2, 0.25) is 0 Å². The zero-order valence-electron chi connectivity index (χ0n) is 15.5. The molecule has 3 heterocycles. The lowest BCUT2D eigenvalue weighted by atomic mass is 9.64. The van der Waals surface area contributed by atoms with Crippen molar-refractivity contribution in [3.63, 3.8) is 0 Å². The van der Waals surface area contributed by atoms with Gasteiger partial charge in [0, 0.05) is 38.4 Å². The summed E-state index contributed by atoms with van der Waals surface area (Å²) < 4.78 is 7.31. The smallest absolute Gasteiger partial charge is 0.409 e. The van der Waals surface area contributed by atoms with E-state index in [-0.39, 0.29) is 6.09 Å². The van der Waals surface area contributed by atoms with E-state index < -0.39 is 0 Å². The number of amides is 1. The summed E-state index contributed by atoms with van der Waals surface area (Å²) in [6, 6.07) is 3.37. The zero-order chi connectivity index (χ0) is 17.4. The minimum atomic E-state index is -0.127. The molecule has 1 saturated carbocycles. The summed E-state index contributed by atoms with van der Waals surface area (Å²) in [5, 5.41) is 4.59. The molecular formula is C19H30N4O2. The van der Waals surface area contributed by atoms with Crippen LogP contribution < -0.4 is 0 Å². The van der Waals surface area contributed by atoms with Gasteiger partial charge in [-0.3, -0.25) is 4.68 Å². The summed E-state index contributed by atoms with van der Waals surface area (Å²) in [6.07, 6.45) is 8.02. The number of piperidine rings is 1. The van der Waals surface area contributed by atoms with Crippen molar-refractivity contribution in [2.75, 3.05) is 32.8 Å². The molecule has 1 aromatic rings. The minimum absolute atomic E-state index is 0.127. The first-order chi connectivity index (χ1) is 12.1. The van der Waals surface area contributed by atoms with Crippen LogP contribution in [0.25, 0.3) is 0 Å². The fourth-order valence-corrected chi connectivity index (χ4v) is 4.99. The fraction of sp³-hybridized carbons (Fsp3) is 0.789. The molecule has 25 heavy (non-hydrogen) atoms. The van der Waals surface area contributed by atoms with Crippen LogP contribution in [0.15, 0.2) is 12.3 Å². The number of ether oxygens (including phenoxy) is 1. The maximum atomic E-state index is 11.9. The van der Waals surface area contributed by atoms with Gasteiger partial charge in [-0.2, -0.15) is 5.10 Å². The maximum Gasteiger partial charge on any atom is 0.409 e. The van der Waals surface area contributed by atoms with Gasteiger partial charge in [0.15, 0.2) is 0 Å². The molecule has 0 radical (unpaired) electrons. The lowest BCUT2D eigenvalue weighted by Gasteiger charge is -2.51. The van der Waals surface area contributed by atoms with Crippen LogP contribution >= 0.6 is 0 Å². The number of likely N-dealkylation sites (tertiary alicyclic amines) is 2. The third-order valence-corrected chi connectivity index (χ3v) is 6.43. The quantitative estimate of drug-likeness (QED) is 0.844.